The van der Waals surface area contributed by atoms with Crippen molar-refractivity contribution in [2.24, 2.45) is 0 Å². The molecule has 2 aromatic heterocycles. The van der Waals surface area contributed by atoms with Crippen LogP contribution < -0.4 is 27.2 Å². The first-order valence-electron chi connectivity index (χ1n) is 26.2. The summed E-state index contributed by atoms with van der Waals surface area (Å²) in [6.45, 7) is 4.06. The van der Waals surface area contributed by atoms with Gasteiger partial charge in [0.2, 0.25) is 0 Å². The van der Waals surface area contributed by atoms with Gasteiger partial charge in [-0.25, -0.2) is 23.7 Å². The van der Waals surface area contributed by atoms with Gasteiger partial charge in [-0.15, -0.1) is 0 Å². The van der Waals surface area contributed by atoms with Gasteiger partial charge in [0.1, 0.15) is 35.8 Å². The highest BCUT2D eigenvalue weighted by Crippen LogP contribution is 2.64. The molecule has 0 bridgehead atoms. The molecule has 436 valence electrons. The van der Waals surface area contributed by atoms with Crippen LogP contribution in [-0.4, -0.2) is 101 Å². The van der Waals surface area contributed by atoms with Crippen LogP contribution in [0.1, 0.15) is 70.6 Å². The molecule has 1 unspecified atom stereocenters. The zero-order valence-electron chi connectivity index (χ0n) is 45.8. The molecule has 2 aliphatic rings. The Bertz CT molecular complexity index is 3610. The lowest BCUT2D eigenvalue weighted by atomic mass is 9.80. The van der Waals surface area contributed by atoms with Gasteiger partial charge in [-0.3, -0.25) is 33.2 Å². The molecular weight excluding hydrogens is 1150 g/mol. The third-order valence-electron chi connectivity index (χ3n) is 14.5. The van der Waals surface area contributed by atoms with Crippen LogP contribution in [0.3, 0.4) is 0 Å². The molecule has 9 rings (SSSR count). The van der Waals surface area contributed by atoms with Gasteiger partial charge in [0.15, 0.2) is 33.0 Å². The van der Waals surface area contributed by atoms with Crippen molar-refractivity contribution in [3.8, 4) is 5.75 Å². The summed E-state index contributed by atoms with van der Waals surface area (Å²) >= 11 is 0.420. The van der Waals surface area contributed by atoms with Crippen molar-refractivity contribution in [2.45, 2.75) is 93.6 Å². The number of ether oxygens (including phenoxy) is 6. The van der Waals surface area contributed by atoms with Crippen molar-refractivity contribution in [1.29, 1.82) is 0 Å². The molecule has 9 atom stereocenters. The summed E-state index contributed by atoms with van der Waals surface area (Å²) in [6, 6.07) is 44.3. The first-order chi connectivity index (χ1) is 39.7. The third kappa shape index (κ3) is 13.9. The molecule has 2 aliphatic heterocycles. The van der Waals surface area contributed by atoms with E-state index in [9.17, 15) is 38.2 Å². The molecule has 2 saturated heterocycles. The number of hydrogen-bond donors (Lipinski definition) is 3. The number of nitrogens with zero attached hydrogens (tertiary/aromatic N) is 2. The number of aromatic amines is 2. The summed E-state index contributed by atoms with van der Waals surface area (Å²) in [5.41, 5.74) is -2.17. The number of esters is 2. The largest absolute Gasteiger partial charge is 0.497 e. The van der Waals surface area contributed by atoms with Crippen molar-refractivity contribution in [2.75, 3.05) is 20.3 Å². The summed E-state index contributed by atoms with van der Waals surface area (Å²) in [5, 5.41) is -0.461. The Hall–Kier alpha value is -6.93. The smallest absolute Gasteiger partial charge is 0.399 e. The van der Waals surface area contributed by atoms with Crippen molar-refractivity contribution in [1.82, 2.24) is 19.1 Å². The van der Waals surface area contributed by atoms with Gasteiger partial charge in [-0.2, -0.15) is 0 Å². The molecule has 3 N–H and O–H groups in total. The lowest BCUT2D eigenvalue weighted by Crippen LogP contribution is -2.50. The van der Waals surface area contributed by atoms with Gasteiger partial charge in [-0.05, 0) is 71.2 Å². The van der Waals surface area contributed by atoms with E-state index in [-0.39, 0.29) is 28.1 Å². The standard InChI is InChI=1S/C58H61N4O17PS2Si/c1-57(2,3)83(5,6)79-50-48(43(74-52(50)62-34-32-46(64)60-56(62)68)35-72-58(39-23-15-9-16-24-39,40-25-17-10-18-26-40)41-27-29-42(71-4)30-28-41)78-80(69,70)82-81-73-36-44-47(76-53(65)37-19-11-7-12-20-37)49(77-54(66)38-21-13-8-14-22-38)51(75-44)61-33-31-45(63)59-55(61)67/h7-34,43-44,47-52H,35-36H2,1-6H3,(H,69,70)(H,59,63,67)(H,60,64,68)/t43-,44-,47-,48-,49-,50-,51-,52-/m1/s1. The maximum Gasteiger partial charge on any atom is 0.399 e. The highest BCUT2D eigenvalue weighted by Gasteiger charge is 2.56. The van der Waals surface area contributed by atoms with Crippen molar-refractivity contribution >= 4 is 48.5 Å². The Morgan fingerprint density at radius 2 is 1.06 bits per heavy atom. The number of hydrogen-bond acceptors (Lipinski definition) is 18. The lowest BCUT2D eigenvalue weighted by Gasteiger charge is -2.41. The highest BCUT2D eigenvalue weighted by molar-refractivity contribution is 8.97. The van der Waals surface area contributed by atoms with Gasteiger partial charge < -0.3 is 41.9 Å². The fraction of sp³-hybridized carbons (Fsp3) is 0.310. The van der Waals surface area contributed by atoms with Crippen LogP contribution in [0.5, 0.6) is 5.75 Å². The Balaban J connectivity index is 1.04. The molecule has 0 saturated carbocycles. The number of benzene rings is 5. The predicted octanol–water partition coefficient (Wildman–Crippen LogP) is 8.54. The number of carbonyl (C=O) groups excluding carboxylic acids is 2. The fourth-order valence-electron chi connectivity index (χ4n) is 9.41. The summed E-state index contributed by atoms with van der Waals surface area (Å²) in [4.78, 5) is 95.7. The van der Waals surface area contributed by atoms with Gasteiger partial charge in [0.25, 0.3) is 11.1 Å². The molecule has 0 radical (unpaired) electrons. The van der Waals surface area contributed by atoms with E-state index < -0.39 is 116 Å². The van der Waals surface area contributed by atoms with Crippen molar-refractivity contribution in [3.05, 3.63) is 240 Å². The monoisotopic (exact) mass is 1210 g/mol. The first kappa shape index (κ1) is 60.7. The van der Waals surface area contributed by atoms with E-state index in [1.807, 2.05) is 107 Å². The van der Waals surface area contributed by atoms with E-state index in [0.29, 0.717) is 33.5 Å². The molecule has 7 aromatic rings. The number of rotatable bonds is 22. The van der Waals surface area contributed by atoms with Crippen LogP contribution >= 0.6 is 28.3 Å². The Morgan fingerprint density at radius 3 is 1.53 bits per heavy atom. The molecule has 0 aliphatic carbocycles. The van der Waals surface area contributed by atoms with Crippen LogP contribution in [0.4, 0.5) is 0 Å². The number of H-pyrrole nitrogens is 2. The zero-order valence-corrected chi connectivity index (χ0v) is 49.4. The van der Waals surface area contributed by atoms with Crippen LogP contribution in [-0.2, 0) is 47.0 Å². The summed E-state index contributed by atoms with van der Waals surface area (Å²) < 4.78 is 74.1. The summed E-state index contributed by atoms with van der Waals surface area (Å²) in [6.07, 6.45) is -8.89. The average molecular weight is 1210 g/mol. The van der Waals surface area contributed by atoms with Crippen molar-refractivity contribution in [3.63, 3.8) is 0 Å². The minimum Gasteiger partial charge on any atom is -0.497 e. The van der Waals surface area contributed by atoms with Crippen LogP contribution in [0.2, 0.25) is 18.1 Å². The van der Waals surface area contributed by atoms with E-state index in [4.69, 9.17) is 41.6 Å². The van der Waals surface area contributed by atoms with E-state index in [0.717, 1.165) is 27.5 Å². The fourth-order valence-corrected chi connectivity index (χ4v) is 13.9. The molecule has 21 nitrogen and oxygen atoms in total. The normalized spacial score (nSPS) is 21.7. The molecule has 2 fully saturated rings. The molecule has 0 amide bonds. The Kier molecular flexibility index (Phi) is 18.9. The third-order valence-corrected chi connectivity index (χ3v) is 23.5. The molecule has 5 aromatic carbocycles. The summed E-state index contributed by atoms with van der Waals surface area (Å²) in [5.74, 6) is -1.11. The number of methoxy groups -OCH3 is 1. The lowest BCUT2D eigenvalue weighted by molar-refractivity contribution is -0.0938. The van der Waals surface area contributed by atoms with E-state index in [1.54, 1.807) is 55.6 Å². The quantitative estimate of drug-likeness (QED) is 0.0109. The van der Waals surface area contributed by atoms with E-state index in [2.05, 4.69) is 9.97 Å². The topological polar surface area (TPSA) is 264 Å². The predicted molar refractivity (Wildman–Crippen MR) is 311 cm³/mol. The highest BCUT2D eigenvalue weighted by atomic mass is 33.3. The van der Waals surface area contributed by atoms with Crippen molar-refractivity contribution < 1.29 is 60.6 Å². The molecule has 25 heteroatoms. The average Bonchev–Trinajstić information content (AvgIpc) is 3.74. The van der Waals surface area contributed by atoms with Crippen LogP contribution in [0.25, 0.3) is 0 Å². The minimum atomic E-state index is -4.96. The first-order valence-corrected chi connectivity index (χ1v) is 33.4. The van der Waals surface area contributed by atoms with Gasteiger partial charge in [0, 0.05) is 24.5 Å². The molecule has 83 heavy (non-hydrogen) atoms. The molecular formula is C58H61N4O17PS2Si. The number of aromatic nitrogens is 4. The van der Waals surface area contributed by atoms with E-state index in [1.165, 1.54) is 30.5 Å². The zero-order chi connectivity index (χ0) is 59.1. The second-order valence-electron chi connectivity index (χ2n) is 20.9. The maximum atomic E-state index is 14.8. The Labute approximate surface area is 485 Å². The van der Waals surface area contributed by atoms with Gasteiger partial charge in [0.05, 0.1) is 52.9 Å². The molecule has 0 spiro atoms. The second kappa shape index (κ2) is 25.9. The molecule has 4 heterocycles. The number of nitrogens with one attached hydrogen (secondary N) is 2. The van der Waals surface area contributed by atoms with Gasteiger partial charge >= 0.3 is 30.1 Å². The number of carbonyl (C=O) groups is 2. The van der Waals surface area contributed by atoms with E-state index >= 15 is 0 Å². The summed E-state index contributed by atoms with van der Waals surface area (Å²) in [7, 11) is -1.08. The SMILES string of the molecule is COc1ccc(C(OC[C@H]2O[C@@H](n3ccc(=O)[nH]c3=O)[C@H](O[Si](C)(C)C(C)(C)C)[C@@H]2OP(=O)(O)SSOC[C@H]2O[C@@H](n3ccc(=O)[nH]c3=O)[C@H](OC(=O)c3ccccc3)[C@@H]2OC(=O)c2ccccc2)(c2ccccc2)c2ccccc2)cc1. The maximum absolute atomic E-state index is 14.8. The van der Waals surface area contributed by atoms with Crippen LogP contribution in [0.15, 0.2) is 189 Å². The Morgan fingerprint density at radius 1 is 0.614 bits per heavy atom. The second-order valence-corrected chi connectivity index (χ2v) is 30.9. The minimum absolute atomic E-state index is 0.123. The van der Waals surface area contributed by atoms with Crippen LogP contribution in [0, 0.1) is 0 Å². The van der Waals surface area contributed by atoms with Gasteiger partial charge in [-0.1, -0.05) is 130 Å².